The molecule has 0 bridgehead atoms. The van der Waals surface area contributed by atoms with Crippen molar-refractivity contribution in [3.05, 3.63) is 0 Å². The summed E-state index contributed by atoms with van der Waals surface area (Å²) in [6.07, 6.45) is 2.45. The van der Waals surface area contributed by atoms with Crippen molar-refractivity contribution in [3.8, 4) is 0 Å². The Bertz CT molecular complexity index is 215. The third-order valence-corrected chi connectivity index (χ3v) is 3.77. The first-order valence-corrected chi connectivity index (χ1v) is 4.62. The molecule has 1 heterocycles. The standard InChI is InChI=1S/C9H13F2N/c10-9(11)3-7(4-9)1-8(2-7)5-12-6-8/h12H,1-6H2. The lowest BCUT2D eigenvalue weighted by molar-refractivity contribution is -0.239. The summed E-state index contributed by atoms with van der Waals surface area (Å²) in [6, 6.07) is 0. The minimum atomic E-state index is -2.32. The molecule has 0 radical (unpaired) electrons. The first-order chi connectivity index (χ1) is 5.54. The summed E-state index contributed by atoms with van der Waals surface area (Å²) in [4.78, 5) is 0. The van der Waals surface area contributed by atoms with Crippen LogP contribution < -0.4 is 5.32 Å². The lowest BCUT2D eigenvalue weighted by atomic mass is 9.42. The van der Waals surface area contributed by atoms with Crippen LogP contribution in [0, 0.1) is 10.8 Å². The molecule has 0 aromatic rings. The third kappa shape index (κ3) is 0.754. The largest absolute Gasteiger partial charge is 0.316 e. The first-order valence-electron chi connectivity index (χ1n) is 4.62. The lowest BCUT2D eigenvalue weighted by Gasteiger charge is -2.66. The van der Waals surface area contributed by atoms with Gasteiger partial charge in [-0.3, -0.25) is 0 Å². The molecule has 1 nitrogen and oxygen atoms in total. The molecule has 0 atom stereocenters. The van der Waals surface area contributed by atoms with E-state index in [9.17, 15) is 8.78 Å². The van der Waals surface area contributed by atoms with Crippen LogP contribution in [-0.2, 0) is 0 Å². The van der Waals surface area contributed by atoms with E-state index in [1.54, 1.807) is 0 Å². The number of rotatable bonds is 0. The lowest BCUT2D eigenvalue weighted by Crippen LogP contribution is -2.68. The van der Waals surface area contributed by atoms with Crippen LogP contribution in [0.25, 0.3) is 0 Å². The van der Waals surface area contributed by atoms with Gasteiger partial charge in [-0.05, 0) is 23.7 Å². The third-order valence-electron chi connectivity index (χ3n) is 3.77. The zero-order valence-corrected chi connectivity index (χ0v) is 7.00. The predicted octanol–water partition coefficient (Wildman–Crippen LogP) is 1.79. The fourth-order valence-corrected chi connectivity index (χ4v) is 3.56. The second kappa shape index (κ2) is 1.69. The zero-order chi connectivity index (χ0) is 8.45. The van der Waals surface area contributed by atoms with E-state index in [4.69, 9.17) is 0 Å². The molecular formula is C9H13F2N. The smallest absolute Gasteiger partial charge is 0.249 e. The van der Waals surface area contributed by atoms with Gasteiger partial charge in [-0.25, -0.2) is 8.78 Å². The highest BCUT2D eigenvalue weighted by molar-refractivity contribution is 5.16. The van der Waals surface area contributed by atoms with Gasteiger partial charge in [-0.1, -0.05) is 0 Å². The maximum absolute atomic E-state index is 12.6. The van der Waals surface area contributed by atoms with Gasteiger partial charge in [0.15, 0.2) is 0 Å². The van der Waals surface area contributed by atoms with E-state index in [1.165, 1.54) is 0 Å². The van der Waals surface area contributed by atoms with E-state index >= 15 is 0 Å². The van der Waals surface area contributed by atoms with Gasteiger partial charge < -0.3 is 5.32 Å². The second-order valence-electron chi connectivity index (χ2n) is 5.17. The minimum Gasteiger partial charge on any atom is -0.316 e. The summed E-state index contributed by atoms with van der Waals surface area (Å²) in [6.45, 7) is 2.14. The Morgan fingerprint density at radius 2 is 1.42 bits per heavy atom. The molecule has 0 amide bonds. The molecule has 0 aromatic heterocycles. The molecule has 1 aliphatic heterocycles. The van der Waals surface area contributed by atoms with E-state index in [0.717, 1.165) is 25.9 Å². The summed E-state index contributed by atoms with van der Waals surface area (Å²) >= 11 is 0. The highest BCUT2D eigenvalue weighted by atomic mass is 19.3. The van der Waals surface area contributed by atoms with Crippen LogP contribution in [0.2, 0.25) is 0 Å². The number of hydrogen-bond donors (Lipinski definition) is 1. The van der Waals surface area contributed by atoms with Crippen molar-refractivity contribution in [1.82, 2.24) is 5.32 Å². The van der Waals surface area contributed by atoms with Crippen molar-refractivity contribution in [2.24, 2.45) is 10.8 Å². The normalized spacial score (nSPS) is 38.5. The number of alkyl halides is 2. The van der Waals surface area contributed by atoms with Crippen molar-refractivity contribution in [2.75, 3.05) is 13.1 Å². The molecule has 2 spiro atoms. The SMILES string of the molecule is FC1(F)CC2(C1)CC1(CNC1)C2. The summed E-state index contributed by atoms with van der Waals surface area (Å²) in [5.41, 5.74) is 0.530. The summed E-state index contributed by atoms with van der Waals surface area (Å²) in [7, 11) is 0. The summed E-state index contributed by atoms with van der Waals surface area (Å²) in [5, 5.41) is 3.22. The Kier molecular flexibility index (Phi) is 1.02. The van der Waals surface area contributed by atoms with Crippen LogP contribution in [0.15, 0.2) is 0 Å². The van der Waals surface area contributed by atoms with Crippen LogP contribution in [0.4, 0.5) is 8.78 Å². The Morgan fingerprint density at radius 1 is 0.833 bits per heavy atom. The molecule has 2 aliphatic carbocycles. The molecule has 1 saturated heterocycles. The molecule has 0 unspecified atom stereocenters. The fourth-order valence-electron chi connectivity index (χ4n) is 3.56. The molecule has 0 aromatic carbocycles. The number of hydrogen-bond acceptors (Lipinski definition) is 1. The van der Waals surface area contributed by atoms with Crippen molar-refractivity contribution in [3.63, 3.8) is 0 Å². The first kappa shape index (κ1) is 7.25. The molecule has 1 N–H and O–H groups in total. The average molecular weight is 173 g/mol. The molecule has 3 aliphatic rings. The highest BCUT2D eigenvalue weighted by Crippen LogP contribution is 2.69. The molecule has 3 rings (SSSR count). The minimum absolute atomic E-state index is 0.0750. The van der Waals surface area contributed by atoms with Gasteiger partial charge in [-0.2, -0.15) is 0 Å². The van der Waals surface area contributed by atoms with Gasteiger partial charge in [0.2, 0.25) is 5.92 Å². The van der Waals surface area contributed by atoms with Gasteiger partial charge in [0.1, 0.15) is 0 Å². The van der Waals surface area contributed by atoms with Crippen molar-refractivity contribution < 1.29 is 8.78 Å². The monoisotopic (exact) mass is 173 g/mol. The van der Waals surface area contributed by atoms with E-state index < -0.39 is 5.92 Å². The highest BCUT2D eigenvalue weighted by Gasteiger charge is 2.67. The Labute approximate surface area is 70.5 Å². The molecule has 3 heteroatoms. The summed E-state index contributed by atoms with van der Waals surface area (Å²) < 4.78 is 25.2. The van der Waals surface area contributed by atoms with E-state index in [2.05, 4.69) is 5.32 Å². The molecule has 2 saturated carbocycles. The van der Waals surface area contributed by atoms with Crippen molar-refractivity contribution in [2.45, 2.75) is 31.6 Å². The van der Waals surface area contributed by atoms with Gasteiger partial charge in [0.05, 0.1) is 0 Å². The maximum atomic E-state index is 12.6. The summed E-state index contributed by atoms with van der Waals surface area (Å²) in [5.74, 6) is -2.32. The van der Waals surface area contributed by atoms with Crippen LogP contribution >= 0.6 is 0 Å². The Balaban J connectivity index is 1.63. The van der Waals surface area contributed by atoms with E-state index in [0.29, 0.717) is 5.41 Å². The second-order valence-corrected chi connectivity index (χ2v) is 5.17. The van der Waals surface area contributed by atoms with E-state index in [1.807, 2.05) is 0 Å². The van der Waals surface area contributed by atoms with Crippen LogP contribution in [0.5, 0.6) is 0 Å². The maximum Gasteiger partial charge on any atom is 0.249 e. The molecule has 12 heavy (non-hydrogen) atoms. The van der Waals surface area contributed by atoms with Crippen LogP contribution in [0.3, 0.4) is 0 Å². The Morgan fingerprint density at radius 3 is 1.75 bits per heavy atom. The van der Waals surface area contributed by atoms with Crippen molar-refractivity contribution >= 4 is 0 Å². The van der Waals surface area contributed by atoms with Gasteiger partial charge in [0, 0.05) is 25.9 Å². The quantitative estimate of drug-likeness (QED) is 0.589. The van der Waals surface area contributed by atoms with Gasteiger partial charge in [0.25, 0.3) is 0 Å². The van der Waals surface area contributed by atoms with Crippen molar-refractivity contribution in [1.29, 1.82) is 0 Å². The Hall–Kier alpha value is -0.180. The van der Waals surface area contributed by atoms with Crippen LogP contribution in [0.1, 0.15) is 25.7 Å². The van der Waals surface area contributed by atoms with E-state index in [-0.39, 0.29) is 18.3 Å². The number of halogens is 2. The van der Waals surface area contributed by atoms with Gasteiger partial charge in [-0.15, -0.1) is 0 Å². The average Bonchev–Trinajstić information content (AvgIpc) is 1.70. The molecule has 3 fully saturated rings. The zero-order valence-electron chi connectivity index (χ0n) is 7.00. The molecular weight excluding hydrogens is 160 g/mol. The predicted molar refractivity (Wildman–Crippen MR) is 41.2 cm³/mol. The molecule has 68 valence electrons. The fraction of sp³-hybridized carbons (Fsp3) is 1.00. The number of nitrogens with one attached hydrogen (secondary N) is 1. The van der Waals surface area contributed by atoms with Gasteiger partial charge >= 0.3 is 0 Å². The van der Waals surface area contributed by atoms with Crippen LogP contribution in [-0.4, -0.2) is 19.0 Å². The topological polar surface area (TPSA) is 12.0 Å².